The van der Waals surface area contributed by atoms with Crippen molar-refractivity contribution in [3.05, 3.63) is 45.5 Å². The van der Waals surface area contributed by atoms with E-state index in [0.717, 1.165) is 5.56 Å². The Morgan fingerprint density at radius 3 is 2.45 bits per heavy atom. The fourth-order valence-corrected chi connectivity index (χ4v) is 3.76. The smallest absolute Gasteiger partial charge is 0.233 e. The lowest BCUT2D eigenvalue weighted by atomic mass is 9.79. The van der Waals surface area contributed by atoms with Crippen LogP contribution in [0.15, 0.2) is 34.9 Å². The summed E-state index contributed by atoms with van der Waals surface area (Å²) in [7, 11) is 0. The van der Waals surface area contributed by atoms with Crippen LogP contribution < -0.4 is 0 Å². The molecule has 3 nitrogen and oxygen atoms in total. The number of hydrogen-bond acceptors (Lipinski definition) is 3. The molecule has 108 valence electrons. The van der Waals surface area contributed by atoms with E-state index in [-0.39, 0.29) is 27.6 Å². The van der Waals surface area contributed by atoms with Gasteiger partial charge in [-0.3, -0.25) is 4.79 Å². The summed E-state index contributed by atoms with van der Waals surface area (Å²) in [5, 5.41) is 10.6. The first-order valence-corrected chi connectivity index (χ1v) is 8.06. The molecule has 1 aliphatic carbocycles. The number of rotatable bonds is 3. The Morgan fingerprint density at radius 2 is 1.90 bits per heavy atom. The highest BCUT2D eigenvalue weighted by atomic mass is 35.5. The van der Waals surface area contributed by atoms with Crippen LogP contribution in [0, 0.1) is 5.41 Å². The van der Waals surface area contributed by atoms with Crippen molar-refractivity contribution in [3.8, 4) is 0 Å². The molecule has 0 bridgehead atoms. The lowest BCUT2D eigenvalue weighted by Gasteiger charge is -2.29. The van der Waals surface area contributed by atoms with Crippen LogP contribution in [0.1, 0.15) is 32.3 Å². The van der Waals surface area contributed by atoms with E-state index in [2.05, 4.69) is 0 Å². The largest absolute Gasteiger partial charge is 0.611 e. The first-order valence-electron chi connectivity index (χ1n) is 6.37. The molecule has 20 heavy (non-hydrogen) atoms. The van der Waals surface area contributed by atoms with Crippen molar-refractivity contribution in [3.63, 3.8) is 0 Å². The number of Topliss-reactive ketones (excluding diaryl/α,β-unsaturated/α-hetero) is 1. The van der Waals surface area contributed by atoms with Crippen LogP contribution in [0.5, 0.6) is 0 Å². The van der Waals surface area contributed by atoms with Crippen molar-refractivity contribution >= 4 is 28.6 Å². The minimum Gasteiger partial charge on any atom is -0.611 e. The van der Waals surface area contributed by atoms with E-state index in [1.54, 1.807) is 24.3 Å². The minimum absolute atomic E-state index is 0.0291. The van der Waals surface area contributed by atoms with Gasteiger partial charge in [0.1, 0.15) is 5.75 Å². The lowest BCUT2D eigenvalue weighted by molar-refractivity contribution is -0.117. The average molecular weight is 313 g/mol. The Bertz CT molecular complexity index is 549. The topological polar surface area (TPSA) is 60.4 Å². The van der Waals surface area contributed by atoms with E-state index in [4.69, 9.17) is 11.6 Å². The van der Waals surface area contributed by atoms with E-state index in [1.807, 2.05) is 13.8 Å². The predicted octanol–water partition coefficient (Wildman–Crippen LogP) is 3.75. The fraction of sp³-hybridized carbons (Fsp3) is 0.400. The summed E-state index contributed by atoms with van der Waals surface area (Å²) >= 11 is 4.27. The lowest BCUT2D eigenvalue weighted by Crippen LogP contribution is -2.29. The molecule has 1 aliphatic rings. The number of carbonyl (C=O) groups is 1. The first kappa shape index (κ1) is 15.4. The van der Waals surface area contributed by atoms with E-state index >= 15 is 0 Å². The van der Waals surface area contributed by atoms with Crippen LogP contribution >= 0.6 is 11.6 Å². The summed E-state index contributed by atoms with van der Waals surface area (Å²) in [6.45, 7) is 3.83. The second kappa shape index (κ2) is 5.80. The maximum atomic E-state index is 12.3. The minimum atomic E-state index is -1.52. The third-order valence-electron chi connectivity index (χ3n) is 3.24. The molecule has 0 saturated heterocycles. The zero-order chi connectivity index (χ0) is 14.9. The molecule has 1 atom stereocenters. The van der Waals surface area contributed by atoms with Crippen LogP contribution in [-0.2, 0) is 21.7 Å². The molecule has 0 radical (unpaired) electrons. The standard InChI is InChI=1S/C15H17ClO3S/c1-15(2)7-12(17)14(13(18)8-15)20(19)9-10-3-5-11(16)6-4-10/h3-6,17H,7-9H2,1-2H3. The van der Waals surface area contributed by atoms with Gasteiger partial charge in [0.15, 0.2) is 5.76 Å². The third-order valence-corrected chi connectivity index (χ3v) is 5.01. The molecule has 1 unspecified atom stereocenters. The Kier molecular flexibility index (Phi) is 4.47. The maximum Gasteiger partial charge on any atom is 0.233 e. The summed E-state index contributed by atoms with van der Waals surface area (Å²) < 4.78 is 12.3. The molecule has 0 amide bonds. The SMILES string of the molecule is CC1(C)CC(=O)C([S+]([O-])Cc2ccc(Cl)cc2)=C(O)C1. The number of aliphatic hydroxyl groups is 1. The molecule has 0 saturated carbocycles. The number of halogens is 1. The highest BCUT2D eigenvalue weighted by Gasteiger charge is 2.39. The van der Waals surface area contributed by atoms with Crippen LogP contribution in [0.4, 0.5) is 0 Å². The van der Waals surface area contributed by atoms with Crippen LogP contribution in [0.2, 0.25) is 5.02 Å². The monoisotopic (exact) mass is 312 g/mol. The number of carbonyl (C=O) groups excluding carboxylic acids is 1. The van der Waals surface area contributed by atoms with E-state index in [9.17, 15) is 14.5 Å². The highest BCUT2D eigenvalue weighted by Crippen LogP contribution is 2.38. The molecule has 0 spiro atoms. The average Bonchev–Trinajstić information content (AvgIpc) is 2.29. The molecule has 1 N–H and O–H groups in total. The van der Waals surface area contributed by atoms with Gasteiger partial charge in [0.25, 0.3) is 0 Å². The van der Waals surface area contributed by atoms with Crippen molar-refractivity contribution in [1.82, 2.24) is 0 Å². The van der Waals surface area contributed by atoms with Crippen molar-refractivity contribution in [1.29, 1.82) is 0 Å². The number of ketones is 1. The first-order chi connectivity index (χ1) is 9.28. The number of benzene rings is 1. The molecule has 0 aromatic heterocycles. The second-order valence-corrected chi connectivity index (χ2v) is 7.66. The normalized spacial score (nSPS) is 20.1. The highest BCUT2D eigenvalue weighted by molar-refractivity contribution is 7.95. The molecular formula is C15H17ClO3S. The summed E-state index contributed by atoms with van der Waals surface area (Å²) in [5.74, 6) is -0.0347. The van der Waals surface area contributed by atoms with Crippen molar-refractivity contribution in [2.45, 2.75) is 32.4 Å². The Morgan fingerprint density at radius 1 is 1.30 bits per heavy atom. The quantitative estimate of drug-likeness (QED) is 0.865. The zero-order valence-electron chi connectivity index (χ0n) is 11.5. The van der Waals surface area contributed by atoms with Crippen LogP contribution in [-0.4, -0.2) is 15.4 Å². The van der Waals surface area contributed by atoms with Gasteiger partial charge in [-0.15, -0.1) is 0 Å². The summed E-state index contributed by atoms with van der Waals surface area (Å²) in [6.07, 6.45) is 0.708. The molecular weight excluding hydrogens is 296 g/mol. The zero-order valence-corrected chi connectivity index (χ0v) is 13.1. The van der Waals surface area contributed by atoms with Crippen molar-refractivity contribution in [2.75, 3.05) is 0 Å². The Hall–Kier alpha value is -0.970. The molecule has 1 aromatic carbocycles. The van der Waals surface area contributed by atoms with E-state index < -0.39 is 11.2 Å². The molecule has 0 aliphatic heterocycles. The van der Waals surface area contributed by atoms with Crippen LogP contribution in [0.3, 0.4) is 0 Å². The molecule has 0 heterocycles. The Balaban J connectivity index is 2.18. The van der Waals surface area contributed by atoms with Gasteiger partial charge >= 0.3 is 0 Å². The molecule has 2 rings (SSSR count). The van der Waals surface area contributed by atoms with Crippen molar-refractivity contribution < 1.29 is 14.5 Å². The van der Waals surface area contributed by atoms with Gasteiger partial charge in [-0.05, 0) is 28.7 Å². The summed E-state index contributed by atoms with van der Waals surface area (Å²) in [5.41, 5.74) is 0.556. The van der Waals surface area contributed by atoms with Gasteiger partial charge in [-0.2, -0.15) is 0 Å². The fourth-order valence-electron chi connectivity index (χ4n) is 2.33. The summed E-state index contributed by atoms with van der Waals surface area (Å²) in [4.78, 5) is 12.2. The second-order valence-electron chi connectivity index (χ2n) is 5.83. The number of hydrogen-bond donors (Lipinski definition) is 1. The number of allylic oxidation sites excluding steroid dienone is 2. The number of aliphatic hydroxyl groups excluding tert-OH is 1. The molecule has 1 aromatic rings. The molecule has 0 fully saturated rings. The summed E-state index contributed by atoms with van der Waals surface area (Å²) in [6, 6.07) is 6.98. The van der Waals surface area contributed by atoms with Gasteiger partial charge in [0, 0.05) is 23.4 Å². The predicted molar refractivity (Wildman–Crippen MR) is 81.0 cm³/mol. The van der Waals surface area contributed by atoms with E-state index in [1.165, 1.54) is 0 Å². The van der Waals surface area contributed by atoms with Crippen LogP contribution in [0.25, 0.3) is 0 Å². The third kappa shape index (κ3) is 3.57. The van der Waals surface area contributed by atoms with Gasteiger partial charge < -0.3 is 9.66 Å². The van der Waals surface area contributed by atoms with Gasteiger partial charge in [-0.25, -0.2) is 0 Å². The van der Waals surface area contributed by atoms with Crippen molar-refractivity contribution in [2.24, 2.45) is 5.41 Å². The van der Waals surface area contributed by atoms with Gasteiger partial charge in [-0.1, -0.05) is 37.6 Å². The van der Waals surface area contributed by atoms with Gasteiger partial charge in [0.05, 0.1) is 0 Å². The van der Waals surface area contributed by atoms with Gasteiger partial charge in [0.2, 0.25) is 10.7 Å². The van der Waals surface area contributed by atoms with E-state index in [0.29, 0.717) is 17.9 Å². The molecule has 5 heteroatoms. The maximum absolute atomic E-state index is 12.3. The Labute approximate surface area is 126 Å².